The minimum atomic E-state index is -0.364. The minimum Gasteiger partial charge on any atom is -0.493 e. The van der Waals surface area contributed by atoms with Crippen molar-refractivity contribution in [3.8, 4) is 17.6 Å². The summed E-state index contributed by atoms with van der Waals surface area (Å²) in [6, 6.07) is 12.1. The summed E-state index contributed by atoms with van der Waals surface area (Å²) < 4.78 is 10.8. The minimum absolute atomic E-state index is 0.0232. The van der Waals surface area contributed by atoms with Crippen LogP contribution in [0.4, 0.5) is 10.5 Å². The van der Waals surface area contributed by atoms with Crippen LogP contribution >= 0.6 is 0 Å². The first kappa shape index (κ1) is 23.9. The zero-order chi connectivity index (χ0) is 24.0. The summed E-state index contributed by atoms with van der Waals surface area (Å²) in [6.07, 6.45) is 1.42. The molecule has 2 aromatic carbocycles. The molecule has 0 saturated heterocycles. The molecule has 0 fully saturated rings. The number of ether oxygens (including phenoxy) is 2. The van der Waals surface area contributed by atoms with E-state index in [1.165, 1.54) is 4.90 Å². The fourth-order valence-corrected chi connectivity index (χ4v) is 4.13. The number of nitriles is 1. The van der Waals surface area contributed by atoms with Gasteiger partial charge in [0.15, 0.2) is 11.5 Å². The molecule has 174 valence electrons. The van der Waals surface area contributed by atoms with Gasteiger partial charge in [-0.1, -0.05) is 13.0 Å². The zero-order valence-corrected chi connectivity index (χ0v) is 19.6. The molecule has 1 atom stereocenters. The van der Waals surface area contributed by atoms with Crippen LogP contribution in [0.25, 0.3) is 0 Å². The smallest absolute Gasteiger partial charge is 0.322 e. The normalized spacial score (nSPS) is 14.6. The second-order valence-corrected chi connectivity index (χ2v) is 7.96. The Kier molecular flexibility index (Phi) is 7.78. The van der Waals surface area contributed by atoms with Crippen molar-refractivity contribution in [1.29, 1.82) is 5.26 Å². The fourth-order valence-electron chi connectivity index (χ4n) is 4.13. The van der Waals surface area contributed by atoms with E-state index in [0.29, 0.717) is 48.7 Å². The fraction of sp³-hybridized carbons (Fsp3) is 0.400. The van der Waals surface area contributed by atoms with Gasteiger partial charge in [-0.15, -0.1) is 0 Å². The van der Waals surface area contributed by atoms with Gasteiger partial charge in [-0.2, -0.15) is 5.26 Å². The van der Waals surface area contributed by atoms with Crippen molar-refractivity contribution < 1.29 is 19.1 Å². The van der Waals surface area contributed by atoms with E-state index in [2.05, 4.69) is 11.4 Å². The summed E-state index contributed by atoms with van der Waals surface area (Å²) in [5.74, 6) is 1.19. The Morgan fingerprint density at radius 1 is 1.21 bits per heavy atom. The van der Waals surface area contributed by atoms with Crippen molar-refractivity contribution in [3.63, 3.8) is 0 Å². The summed E-state index contributed by atoms with van der Waals surface area (Å²) in [6.45, 7) is 4.93. The molecule has 0 aliphatic carbocycles. The summed E-state index contributed by atoms with van der Waals surface area (Å²) in [4.78, 5) is 29.4. The molecule has 1 unspecified atom stereocenters. The average molecular weight is 451 g/mol. The Labute approximate surface area is 194 Å². The van der Waals surface area contributed by atoms with Crippen LogP contribution in [0.1, 0.15) is 43.0 Å². The maximum Gasteiger partial charge on any atom is 0.322 e. The number of benzene rings is 2. The number of methoxy groups -OCH3 is 2. The molecule has 0 radical (unpaired) electrons. The molecule has 0 bridgehead atoms. The van der Waals surface area contributed by atoms with E-state index in [1.54, 1.807) is 43.4 Å². The Bertz CT molecular complexity index is 1060. The van der Waals surface area contributed by atoms with E-state index in [9.17, 15) is 9.59 Å². The molecule has 1 N–H and O–H groups in total. The second-order valence-electron chi connectivity index (χ2n) is 7.96. The highest BCUT2D eigenvalue weighted by Crippen LogP contribution is 2.37. The number of carbonyl (C=O) groups is 2. The highest BCUT2D eigenvalue weighted by atomic mass is 16.5. The molecule has 1 heterocycles. The number of hydrogen-bond acceptors (Lipinski definition) is 5. The standard InChI is InChI=1S/C25H30N4O4/c1-5-10-28(25(31)27-20-8-6-7-18(12-20)15-26)16-24(30)29-11-9-19-13-22(32-3)23(33-4)14-21(19)17(29)2/h6-8,12-14,17H,5,9-11,16H2,1-4H3,(H,27,31). The Morgan fingerprint density at radius 3 is 2.61 bits per heavy atom. The maximum atomic E-state index is 13.2. The van der Waals surface area contributed by atoms with E-state index in [-0.39, 0.29) is 24.5 Å². The molecule has 8 heteroatoms. The lowest BCUT2D eigenvalue weighted by Crippen LogP contribution is -2.47. The number of carbonyl (C=O) groups excluding carboxylic acids is 2. The quantitative estimate of drug-likeness (QED) is 0.689. The number of anilines is 1. The molecular weight excluding hydrogens is 420 g/mol. The zero-order valence-electron chi connectivity index (χ0n) is 19.6. The number of nitrogens with zero attached hydrogens (tertiary/aromatic N) is 3. The maximum absolute atomic E-state index is 13.2. The number of hydrogen-bond donors (Lipinski definition) is 1. The first-order chi connectivity index (χ1) is 15.9. The van der Waals surface area contributed by atoms with Crippen LogP contribution in [-0.4, -0.2) is 55.6 Å². The van der Waals surface area contributed by atoms with Crippen molar-refractivity contribution in [2.75, 3.05) is 39.2 Å². The van der Waals surface area contributed by atoms with Crippen molar-refractivity contribution >= 4 is 17.6 Å². The highest BCUT2D eigenvalue weighted by Gasteiger charge is 2.30. The molecule has 0 spiro atoms. The number of urea groups is 1. The lowest BCUT2D eigenvalue weighted by atomic mass is 9.92. The van der Waals surface area contributed by atoms with E-state index in [4.69, 9.17) is 14.7 Å². The molecule has 8 nitrogen and oxygen atoms in total. The predicted octanol–water partition coefficient (Wildman–Crippen LogP) is 3.97. The van der Waals surface area contributed by atoms with Gasteiger partial charge >= 0.3 is 6.03 Å². The van der Waals surface area contributed by atoms with Gasteiger partial charge in [-0.3, -0.25) is 4.79 Å². The molecule has 0 aromatic heterocycles. The van der Waals surface area contributed by atoms with Crippen molar-refractivity contribution in [2.24, 2.45) is 0 Å². The van der Waals surface area contributed by atoms with E-state index >= 15 is 0 Å². The summed E-state index contributed by atoms with van der Waals surface area (Å²) in [7, 11) is 3.20. The summed E-state index contributed by atoms with van der Waals surface area (Å²) in [5.41, 5.74) is 3.13. The van der Waals surface area contributed by atoms with E-state index in [1.807, 2.05) is 26.0 Å². The van der Waals surface area contributed by atoms with Crippen LogP contribution in [0.2, 0.25) is 0 Å². The molecule has 1 aliphatic heterocycles. The molecule has 3 amide bonds. The van der Waals surface area contributed by atoms with Gasteiger partial charge in [0.25, 0.3) is 0 Å². The average Bonchev–Trinajstić information content (AvgIpc) is 2.83. The van der Waals surface area contributed by atoms with Crippen LogP contribution in [0.3, 0.4) is 0 Å². The van der Waals surface area contributed by atoms with Gasteiger partial charge in [0, 0.05) is 18.8 Å². The van der Waals surface area contributed by atoms with Crippen LogP contribution in [-0.2, 0) is 11.2 Å². The molecule has 0 saturated carbocycles. The lowest BCUT2D eigenvalue weighted by Gasteiger charge is -2.37. The van der Waals surface area contributed by atoms with Crippen molar-refractivity contribution in [2.45, 2.75) is 32.7 Å². The SMILES string of the molecule is CCCN(CC(=O)N1CCc2cc(OC)c(OC)cc2C1C)C(=O)Nc1cccc(C#N)c1. The molecular formula is C25H30N4O4. The number of fused-ring (bicyclic) bond motifs is 1. The molecule has 1 aliphatic rings. The van der Waals surface area contributed by atoms with Crippen LogP contribution in [0.5, 0.6) is 11.5 Å². The van der Waals surface area contributed by atoms with Crippen LogP contribution in [0.15, 0.2) is 36.4 Å². The summed E-state index contributed by atoms with van der Waals surface area (Å²) in [5, 5.41) is 11.9. The Morgan fingerprint density at radius 2 is 1.94 bits per heavy atom. The van der Waals surface area contributed by atoms with Crippen molar-refractivity contribution in [1.82, 2.24) is 9.80 Å². The van der Waals surface area contributed by atoms with Gasteiger partial charge in [0.2, 0.25) is 5.91 Å². The first-order valence-electron chi connectivity index (χ1n) is 11.0. The van der Waals surface area contributed by atoms with Crippen molar-refractivity contribution in [3.05, 3.63) is 53.1 Å². The third kappa shape index (κ3) is 5.37. The van der Waals surface area contributed by atoms with Gasteiger partial charge in [0.05, 0.1) is 31.9 Å². The Hall–Kier alpha value is -3.73. The Balaban J connectivity index is 1.74. The van der Waals surface area contributed by atoms with Crippen LogP contribution in [0, 0.1) is 11.3 Å². The largest absolute Gasteiger partial charge is 0.493 e. The summed E-state index contributed by atoms with van der Waals surface area (Å²) >= 11 is 0. The predicted molar refractivity (Wildman–Crippen MR) is 125 cm³/mol. The van der Waals surface area contributed by atoms with Gasteiger partial charge in [-0.25, -0.2) is 4.79 Å². The second kappa shape index (κ2) is 10.7. The first-order valence-corrected chi connectivity index (χ1v) is 11.0. The van der Waals surface area contributed by atoms with Crippen LogP contribution < -0.4 is 14.8 Å². The number of nitrogens with one attached hydrogen (secondary N) is 1. The van der Waals surface area contributed by atoms with Gasteiger partial charge < -0.3 is 24.6 Å². The number of rotatable bonds is 7. The third-order valence-electron chi connectivity index (χ3n) is 5.86. The van der Waals surface area contributed by atoms with Gasteiger partial charge in [0.1, 0.15) is 6.54 Å². The van der Waals surface area contributed by atoms with E-state index < -0.39 is 0 Å². The topological polar surface area (TPSA) is 94.9 Å². The molecule has 33 heavy (non-hydrogen) atoms. The lowest BCUT2D eigenvalue weighted by molar-refractivity contribution is -0.134. The third-order valence-corrected chi connectivity index (χ3v) is 5.86. The van der Waals surface area contributed by atoms with Gasteiger partial charge in [-0.05, 0) is 61.2 Å². The molecule has 3 rings (SSSR count). The van der Waals surface area contributed by atoms with E-state index in [0.717, 1.165) is 11.1 Å². The number of amides is 3. The monoisotopic (exact) mass is 450 g/mol. The molecule has 2 aromatic rings. The highest BCUT2D eigenvalue weighted by molar-refractivity contribution is 5.92.